The summed E-state index contributed by atoms with van der Waals surface area (Å²) in [4.78, 5) is 39.6. The quantitative estimate of drug-likeness (QED) is 0.698. The van der Waals surface area contributed by atoms with Crippen LogP contribution in [0.5, 0.6) is 0 Å². The fourth-order valence-corrected chi connectivity index (χ4v) is 3.40. The van der Waals surface area contributed by atoms with Gasteiger partial charge in [0.25, 0.3) is 5.91 Å². The molecular weight excluding hydrogens is 366 g/mol. The Morgan fingerprint density at radius 3 is 2.24 bits per heavy atom. The molecule has 0 spiro atoms. The molecule has 6 heteroatoms. The summed E-state index contributed by atoms with van der Waals surface area (Å²) in [6.07, 6.45) is 0.569. The van der Waals surface area contributed by atoms with E-state index < -0.39 is 0 Å². The summed E-state index contributed by atoms with van der Waals surface area (Å²) < 4.78 is 0. The summed E-state index contributed by atoms with van der Waals surface area (Å²) in [7, 11) is 0. The first kappa shape index (κ1) is 20.7. The van der Waals surface area contributed by atoms with Crippen LogP contribution in [0.1, 0.15) is 48.2 Å². The molecule has 0 radical (unpaired) electrons. The number of nitrogens with zero attached hydrogens (tertiary/aromatic N) is 2. The van der Waals surface area contributed by atoms with Crippen molar-refractivity contribution < 1.29 is 14.4 Å². The summed E-state index contributed by atoms with van der Waals surface area (Å²) in [5, 5.41) is 2.94. The van der Waals surface area contributed by atoms with Gasteiger partial charge < -0.3 is 5.32 Å². The molecule has 1 N–H and O–H groups in total. The van der Waals surface area contributed by atoms with Gasteiger partial charge in [0.1, 0.15) is 0 Å². The lowest BCUT2D eigenvalue weighted by Gasteiger charge is -2.18. The highest BCUT2D eigenvalue weighted by Crippen LogP contribution is 2.17. The summed E-state index contributed by atoms with van der Waals surface area (Å²) in [5.41, 5.74) is 3.27. The molecule has 0 atom stereocenters. The predicted octanol–water partition coefficient (Wildman–Crippen LogP) is 3.43. The molecule has 2 aromatic rings. The first-order chi connectivity index (χ1) is 14.0. The van der Waals surface area contributed by atoms with E-state index in [1.165, 1.54) is 4.90 Å². The lowest BCUT2D eigenvalue weighted by atomic mass is 10.1. The van der Waals surface area contributed by atoms with E-state index in [-0.39, 0.29) is 37.1 Å². The van der Waals surface area contributed by atoms with E-state index in [4.69, 9.17) is 0 Å². The standard InChI is InChI=1S/C23H27N3O3/c1-3-25(4-2)15-18-6-5-7-20(14-18)24-23(29)19-10-8-17(9-11-19)16-26-21(27)12-13-22(26)28/h5-11,14H,3-4,12-13,15-16H2,1-2H3,(H,24,29). The van der Waals surface area contributed by atoms with Gasteiger partial charge in [0.05, 0.1) is 6.54 Å². The molecule has 1 aliphatic rings. The Morgan fingerprint density at radius 1 is 0.966 bits per heavy atom. The second-order valence-electron chi connectivity index (χ2n) is 7.19. The van der Waals surface area contributed by atoms with Crippen LogP contribution >= 0.6 is 0 Å². The van der Waals surface area contributed by atoms with Crippen molar-refractivity contribution >= 4 is 23.4 Å². The van der Waals surface area contributed by atoms with Crippen LogP contribution in [0.2, 0.25) is 0 Å². The third-order valence-corrected chi connectivity index (χ3v) is 5.20. The van der Waals surface area contributed by atoms with Gasteiger partial charge in [0.2, 0.25) is 11.8 Å². The smallest absolute Gasteiger partial charge is 0.255 e. The van der Waals surface area contributed by atoms with Crippen molar-refractivity contribution in [3.63, 3.8) is 0 Å². The molecule has 0 aliphatic carbocycles. The van der Waals surface area contributed by atoms with E-state index in [0.717, 1.165) is 36.4 Å². The van der Waals surface area contributed by atoms with Gasteiger partial charge in [0.15, 0.2) is 0 Å². The molecule has 29 heavy (non-hydrogen) atoms. The van der Waals surface area contributed by atoms with E-state index in [2.05, 4.69) is 30.1 Å². The maximum atomic E-state index is 12.6. The molecule has 0 unspecified atom stereocenters. The zero-order valence-corrected chi connectivity index (χ0v) is 17.0. The number of imide groups is 1. The van der Waals surface area contributed by atoms with E-state index >= 15 is 0 Å². The van der Waals surface area contributed by atoms with Crippen molar-refractivity contribution in [2.75, 3.05) is 18.4 Å². The molecule has 2 aromatic carbocycles. The number of anilines is 1. The minimum Gasteiger partial charge on any atom is -0.322 e. The lowest BCUT2D eigenvalue weighted by Crippen LogP contribution is -2.28. The highest BCUT2D eigenvalue weighted by molar-refractivity contribution is 6.04. The van der Waals surface area contributed by atoms with Gasteiger partial charge in [0, 0.05) is 30.6 Å². The van der Waals surface area contributed by atoms with E-state index in [9.17, 15) is 14.4 Å². The van der Waals surface area contributed by atoms with Crippen LogP contribution in [0, 0.1) is 0 Å². The summed E-state index contributed by atoms with van der Waals surface area (Å²) in [5.74, 6) is -0.465. The van der Waals surface area contributed by atoms with Crippen molar-refractivity contribution in [2.45, 2.75) is 39.8 Å². The average molecular weight is 393 g/mol. The van der Waals surface area contributed by atoms with Crippen LogP contribution in [0.4, 0.5) is 5.69 Å². The van der Waals surface area contributed by atoms with Crippen molar-refractivity contribution in [3.8, 4) is 0 Å². The van der Waals surface area contributed by atoms with E-state index in [1.807, 2.05) is 18.2 Å². The molecule has 1 aliphatic heterocycles. The van der Waals surface area contributed by atoms with Crippen molar-refractivity contribution in [1.29, 1.82) is 0 Å². The first-order valence-corrected chi connectivity index (χ1v) is 10.0. The normalized spacial score (nSPS) is 14.0. The number of hydrogen-bond donors (Lipinski definition) is 1. The number of carbonyl (C=O) groups is 3. The maximum Gasteiger partial charge on any atom is 0.255 e. The molecule has 3 amide bonds. The number of amides is 3. The van der Waals surface area contributed by atoms with Crippen molar-refractivity contribution in [2.24, 2.45) is 0 Å². The summed E-state index contributed by atoms with van der Waals surface area (Å²) in [6, 6.07) is 14.9. The molecule has 3 rings (SSSR count). The maximum absolute atomic E-state index is 12.6. The van der Waals surface area contributed by atoms with Gasteiger partial charge >= 0.3 is 0 Å². The number of nitrogens with one attached hydrogen (secondary N) is 1. The van der Waals surface area contributed by atoms with Crippen LogP contribution in [-0.4, -0.2) is 40.6 Å². The second-order valence-corrected chi connectivity index (χ2v) is 7.19. The Balaban J connectivity index is 1.62. The van der Waals surface area contributed by atoms with Crippen LogP contribution in [0.3, 0.4) is 0 Å². The highest BCUT2D eigenvalue weighted by Gasteiger charge is 2.28. The van der Waals surface area contributed by atoms with Crippen LogP contribution < -0.4 is 5.32 Å². The number of hydrogen-bond acceptors (Lipinski definition) is 4. The Hall–Kier alpha value is -2.99. The lowest BCUT2D eigenvalue weighted by molar-refractivity contribution is -0.139. The topological polar surface area (TPSA) is 69.7 Å². The van der Waals surface area contributed by atoms with Crippen molar-refractivity contribution in [3.05, 3.63) is 65.2 Å². The van der Waals surface area contributed by atoms with Crippen LogP contribution in [-0.2, 0) is 22.7 Å². The minimum absolute atomic E-state index is 0.138. The number of benzene rings is 2. The van der Waals surface area contributed by atoms with E-state index in [0.29, 0.717) is 5.56 Å². The van der Waals surface area contributed by atoms with E-state index in [1.54, 1.807) is 24.3 Å². The fourth-order valence-electron chi connectivity index (χ4n) is 3.40. The van der Waals surface area contributed by atoms with Gasteiger partial charge in [-0.05, 0) is 48.5 Å². The zero-order chi connectivity index (χ0) is 20.8. The highest BCUT2D eigenvalue weighted by atomic mass is 16.2. The molecule has 0 saturated carbocycles. The average Bonchev–Trinajstić information content (AvgIpc) is 3.05. The number of rotatable bonds is 8. The van der Waals surface area contributed by atoms with Crippen LogP contribution in [0.15, 0.2) is 48.5 Å². The van der Waals surface area contributed by atoms with Gasteiger partial charge in [-0.3, -0.25) is 24.2 Å². The van der Waals surface area contributed by atoms with Gasteiger partial charge in [-0.25, -0.2) is 0 Å². The minimum atomic E-state index is -0.190. The Kier molecular flexibility index (Phi) is 6.77. The largest absolute Gasteiger partial charge is 0.322 e. The molecular formula is C23H27N3O3. The Labute approximate surface area is 171 Å². The second kappa shape index (κ2) is 9.47. The molecule has 152 valence electrons. The van der Waals surface area contributed by atoms with Crippen molar-refractivity contribution in [1.82, 2.24) is 9.80 Å². The third-order valence-electron chi connectivity index (χ3n) is 5.20. The van der Waals surface area contributed by atoms with Gasteiger partial charge in [-0.1, -0.05) is 38.1 Å². The SMILES string of the molecule is CCN(CC)Cc1cccc(NC(=O)c2ccc(CN3C(=O)CCC3=O)cc2)c1. The zero-order valence-electron chi connectivity index (χ0n) is 17.0. The molecule has 6 nitrogen and oxygen atoms in total. The predicted molar refractivity (Wildman–Crippen MR) is 112 cm³/mol. The monoisotopic (exact) mass is 393 g/mol. The molecule has 0 aromatic heterocycles. The summed E-state index contributed by atoms with van der Waals surface area (Å²) >= 11 is 0. The molecule has 1 saturated heterocycles. The fraction of sp³-hybridized carbons (Fsp3) is 0.348. The third kappa shape index (κ3) is 5.29. The number of likely N-dealkylation sites (tertiary alicyclic amines) is 1. The van der Waals surface area contributed by atoms with Gasteiger partial charge in [-0.2, -0.15) is 0 Å². The van der Waals surface area contributed by atoms with Gasteiger partial charge in [-0.15, -0.1) is 0 Å². The molecule has 1 fully saturated rings. The Morgan fingerprint density at radius 2 is 1.62 bits per heavy atom. The van der Waals surface area contributed by atoms with Crippen LogP contribution in [0.25, 0.3) is 0 Å². The molecule has 1 heterocycles. The molecule has 0 bridgehead atoms. The first-order valence-electron chi connectivity index (χ1n) is 10.0. The summed E-state index contributed by atoms with van der Waals surface area (Å²) in [6.45, 7) is 7.33. The number of carbonyl (C=O) groups excluding carboxylic acids is 3. The Bertz CT molecular complexity index is 872.